The Morgan fingerprint density at radius 3 is 2.72 bits per heavy atom. The van der Waals surface area contributed by atoms with Crippen LogP contribution in [0.4, 0.5) is 5.69 Å². The topological polar surface area (TPSA) is 52.6 Å². The molecule has 0 spiro atoms. The van der Waals surface area contributed by atoms with Crippen LogP contribution in [-0.2, 0) is 11.2 Å². The predicted molar refractivity (Wildman–Crippen MR) is 71.7 cm³/mol. The van der Waals surface area contributed by atoms with Crippen LogP contribution in [0.5, 0.6) is 0 Å². The summed E-state index contributed by atoms with van der Waals surface area (Å²) in [4.78, 5) is 14.0. The van der Waals surface area contributed by atoms with Crippen LogP contribution in [0.15, 0.2) is 24.3 Å². The molecule has 1 fully saturated rings. The Kier molecular flexibility index (Phi) is 4.33. The molecule has 0 aliphatic carbocycles. The first kappa shape index (κ1) is 13.1. The average Bonchev–Trinajstić information content (AvgIpc) is 2.41. The maximum Gasteiger partial charge on any atom is 0.244 e. The fraction of sp³-hybridized carbons (Fsp3) is 0.500. The van der Waals surface area contributed by atoms with Gasteiger partial charge in [0.2, 0.25) is 5.91 Å². The quantitative estimate of drug-likeness (QED) is 0.833. The van der Waals surface area contributed by atoms with Crippen molar-refractivity contribution in [2.24, 2.45) is 0 Å². The Labute approximate surface area is 108 Å². The van der Waals surface area contributed by atoms with E-state index in [-0.39, 0.29) is 18.6 Å². The third-order valence-electron chi connectivity index (χ3n) is 3.44. The lowest BCUT2D eigenvalue weighted by Gasteiger charge is -2.32. The normalized spacial score (nSPS) is 20.2. The number of anilines is 1. The van der Waals surface area contributed by atoms with E-state index >= 15 is 0 Å². The van der Waals surface area contributed by atoms with Crippen molar-refractivity contribution in [1.29, 1.82) is 0 Å². The molecule has 1 aliphatic heterocycles. The van der Waals surface area contributed by atoms with E-state index in [2.05, 4.69) is 5.32 Å². The molecule has 1 amide bonds. The van der Waals surface area contributed by atoms with Gasteiger partial charge in [-0.15, -0.1) is 0 Å². The second-order valence-corrected chi connectivity index (χ2v) is 4.61. The van der Waals surface area contributed by atoms with Gasteiger partial charge >= 0.3 is 0 Å². The van der Waals surface area contributed by atoms with Crippen molar-refractivity contribution in [2.45, 2.75) is 25.3 Å². The van der Waals surface area contributed by atoms with E-state index in [9.17, 15) is 4.79 Å². The van der Waals surface area contributed by atoms with Gasteiger partial charge in [-0.3, -0.25) is 4.79 Å². The van der Waals surface area contributed by atoms with Crippen LogP contribution in [0.25, 0.3) is 0 Å². The van der Waals surface area contributed by atoms with E-state index in [4.69, 9.17) is 5.11 Å². The fourth-order valence-electron chi connectivity index (χ4n) is 2.37. The minimum atomic E-state index is -0.0594. The maximum absolute atomic E-state index is 12.2. The van der Waals surface area contributed by atoms with Crippen molar-refractivity contribution in [3.05, 3.63) is 29.8 Å². The van der Waals surface area contributed by atoms with Crippen molar-refractivity contribution < 1.29 is 9.90 Å². The van der Waals surface area contributed by atoms with Gasteiger partial charge in [-0.05, 0) is 44.0 Å². The molecule has 1 aromatic carbocycles. The summed E-state index contributed by atoms with van der Waals surface area (Å²) >= 11 is 0. The number of nitrogens with zero attached hydrogens (tertiary/aromatic N) is 1. The van der Waals surface area contributed by atoms with Gasteiger partial charge in [0.25, 0.3) is 0 Å². The largest absolute Gasteiger partial charge is 0.396 e. The summed E-state index contributed by atoms with van der Waals surface area (Å²) < 4.78 is 0. The van der Waals surface area contributed by atoms with Crippen molar-refractivity contribution in [3.63, 3.8) is 0 Å². The van der Waals surface area contributed by atoms with E-state index in [1.807, 2.05) is 36.2 Å². The van der Waals surface area contributed by atoms with E-state index in [1.165, 1.54) is 0 Å². The number of hydrogen-bond donors (Lipinski definition) is 2. The smallest absolute Gasteiger partial charge is 0.244 e. The minimum absolute atomic E-state index is 0.0594. The van der Waals surface area contributed by atoms with Crippen molar-refractivity contribution in [1.82, 2.24) is 5.32 Å². The summed E-state index contributed by atoms with van der Waals surface area (Å²) in [6.45, 7) is 0.945. The van der Waals surface area contributed by atoms with Gasteiger partial charge in [0, 0.05) is 18.8 Å². The van der Waals surface area contributed by atoms with Crippen molar-refractivity contribution in [3.8, 4) is 0 Å². The van der Waals surface area contributed by atoms with Gasteiger partial charge in [0.15, 0.2) is 0 Å². The zero-order valence-electron chi connectivity index (χ0n) is 10.7. The highest BCUT2D eigenvalue weighted by atomic mass is 16.3. The molecule has 1 aliphatic rings. The van der Waals surface area contributed by atoms with Crippen LogP contribution in [-0.4, -0.2) is 37.3 Å². The zero-order valence-corrected chi connectivity index (χ0v) is 10.7. The molecule has 2 rings (SSSR count). The molecular formula is C14H20N2O2. The molecule has 4 nitrogen and oxygen atoms in total. The van der Waals surface area contributed by atoms with Crippen LogP contribution in [0.2, 0.25) is 0 Å². The molecule has 1 saturated heterocycles. The number of rotatable bonds is 4. The van der Waals surface area contributed by atoms with Crippen LogP contribution >= 0.6 is 0 Å². The molecule has 4 heteroatoms. The molecule has 0 saturated carbocycles. The molecular weight excluding hydrogens is 228 g/mol. The SMILES string of the molecule is CNC1CCCN(c2ccc(CCO)cc2)C1=O. The number of piperidine rings is 1. The van der Waals surface area contributed by atoms with Gasteiger partial charge in [-0.2, -0.15) is 0 Å². The predicted octanol–water partition coefficient (Wildman–Crippen LogP) is 0.936. The molecule has 1 aromatic rings. The van der Waals surface area contributed by atoms with Crippen LogP contribution in [0.1, 0.15) is 18.4 Å². The molecule has 0 bridgehead atoms. The summed E-state index contributed by atoms with van der Waals surface area (Å²) in [5.41, 5.74) is 2.04. The molecule has 1 atom stereocenters. The van der Waals surface area contributed by atoms with Gasteiger partial charge in [0.1, 0.15) is 0 Å². The number of aliphatic hydroxyl groups is 1. The summed E-state index contributed by atoms with van der Waals surface area (Å²) in [5, 5.41) is 11.9. The highest BCUT2D eigenvalue weighted by molar-refractivity contribution is 5.97. The molecule has 18 heavy (non-hydrogen) atoms. The lowest BCUT2D eigenvalue weighted by Crippen LogP contribution is -2.49. The molecule has 1 heterocycles. The summed E-state index contributed by atoms with van der Waals surface area (Å²) in [6, 6.07) is 7.81. The third kappa shape index (κ3) is 2.71. The molecule has 2 N–H and O–H groups in total. The van der Waals surface area contributed by atoms with E-state index < -0.39 is 0 Å². The Morgan fingerprint density at radius 2 is 2.11 bits per heavy atom. The van der Waals surface area contributed by atoms with Crippen LogP contribution in [0.3, 0.4) is 0 Å². The molecule has 1 unspecified atom stereocenters. The first-order valence-electron chi connectivity index (χ1n) is 6.44. The van der Waals surface area contributed by atoms with E-state index in [0.717, 1.165) is 30.6 Å². The van der Waals surface area contributed by atoms with Gasteiger partial charge in [-0.25, -0.2) is 0 Å². The number of hydrogen-bond acceptors (Lipinski definition) is 3. The number of amides is 1. The summed E-state index contributed by atoms with van der Waals surface area (Å²) in [5.74, 6) is 0.152. The Balaban J connectivity index is 2.12. The average molecular weight is 248 g/mol. The fourth-order valence-corrected chi connectivity index (χ4v) is 2.37. The highest BCUT2D eigenvalue weighted by Gasteiger charge is 2.28. The standard InChI is InChI=1S/C14H20N2O2/c1-15-13-3-2-9-16(14(13)18)12-6-4-11(5-7-12)8-10-17/h4-7,13,15,17H,2-3,8-10H2,1H3. The molecule has 0 aromatic heterocycles. The zero-order chi connectivity index (χ0) is 13.0. The Hall–Kier alpha value is -1.39. The monoisotopic (exact) mass is 248 g/mol. The van der Waals surface area contributed by atoms with Crippen molar-refractivity contribution in [2.75, 3.05) is 25.1 Å². The second-order valence-electron chi connectivity index (χ2n) is 4.61. The van der Waals surface area contributed by atoms with Gasteiger partial charge in [0.05, 0.1) is 6.04 Å². The van der Waals surface area contributed by atoms with E-state index in [0.29, 0.717) is 6.42 Å². The number of carbonyl (C=O) groups excluding carboxylic acids is 1. The summed E-state index contributed by atoms with van der Waals surface area (Å²) in [7, 11) is 1.83. The molecule has 0 radical (unpaired) electrons. The first-order valence-corrected chi connectivity index (χ1v) is 6.44. The highest BCUT2D eigenvalue weighted by Crippen LogP contribution is 2.21. The number of nitrogens with one attached hydrogen (secondary N) is 1. The van der Waals surface area contributed by atoms with Crippen LogP contribution in [0, 0.1) is 0 Å². The number of likely N-dealkylation sites (N-methyl/N-ethyl adjacent to an activating group) is 1. The maximum atomic E-state index is 12.2. The van der Waals surface area contributed by atoms with Crippen molar-refractivity contribution >= 4 is 11.6 Å². The van der Waals surface area contributed by atoms with Gasteiger partial charge < -0.3 is 15.3 Å². The number of benzene rings is 1. The second kappa shape index (κ2) is 5.98. The first-order chi connectivity index (χ1) is 8.76. The Morgan fingerprint density at radius 1 is 1.39 bits per heavy atom. The minimum Gasteiger partial charge on any atom is -0.396 e. The molecule has 98 valence electrons. The van der Waals surface area contributed by atoms with Crippen LogP contribution < -0.4 is 10.2 Å². The third-order valence-corrected chi connectivity index (χ3v) is 3.44. The number of aliphatic hydroxyl groups excluding tert-OH is 1. The lowest BCUT2D eigenvalue weighted by molar-refractivity contribution is -0.121. The van der Waals surface area contributed by atoms with Gasteiger partial charge in [-0.1, -0.05) is 12.1 Å². The summed E-state index contributed by atoms with van der Waals surface area (Å²) in [6.07, 6.45) is 2.59. The number of carbonyl (C=O) groups is 1. The Bertz CT molecular complexity index is 403. The van der Waals surface area contributed by atoms with E-state index in [1.54, 1.807) is 0 Å². The lowest BCUT2D eigenvalue weighted by atomic mass is 10.0.